The molecule has 0 aliphatic rings. The van der Waals surface area contributed by atoms with Crippen LogP contribution in [-0.2, 0) is 0 Å². The average molecular weight is 328 g/mol. The Balaban J connectivity index is 1.68. The number of hydrogen-bond donors (Lipinski definition) is 3. The Morgan fingerprint density at radius 3 is 2.32 bits per heavy atom. The molecule has 0 aliphatic heterocycles. The van der Waals surface area contributed by atoms with Crippen LogP contribution in [0.5, 0.6) is 0 Å². The number of pyridine rings is 1. The number of benzene rings is 2. The Labute approximate surface area is 144 Å². The molecule has 25 heavy (non-hydrogen) atoms. The predicted molar refractivity (Wildman–Crippen MR) is 101 cm³/mol. The molecular weight excluding hydrogens is 312 g/mol. The van der Waals surface area contributed by atoms with Gasteiger partial charge in [-0.3, -0.25) is 0 Å². The van der Waals surface area contributed by atoms with Gasteiger partial charge in [0.2, 0.25) is 0 Å². The van der Waals surface area contributed by atoms with Gasteiger partial charge in [-0.1, -0.05) is 42.5 Å². The molecule has 122 valence electrons. The van der Waals surface area contributed by atoms with Crippen LogP contribution in [0.3, 0.4) is 0 Å². The highest BCUT2D eigenvalue weighted by Gasteiger charge is 2.10. The normalized spacial score (nSPS) is 10.6. The molecule has 4 N–H and O–H groups in total. The van der Waals surface area contributed by atoms with E-state index in [9.17, 15) is 0 Å². The quantitative estimate of drug-likeness (QED) is 0.523. The van der Waals surface area contributed by atoms with Gasteiger partial charge in [0.05, 0.1) is 0 Å². The lowest BCUT2D eigenvalue weighted by molar-refractivity contribution is 1.16. The number of rotatable bonds is 4. The second kappa shape index (κ2) is 6.45. The van der Waals surface area contributed by atoms with Crippen molar-refractivity contribution < 1.29 is 0 Å². The van der Waals surface area contributed by atoms with Crippen molar-refractivity contribution in [1.29, 1.82) is 0 Å². The number of fused-ring (bicyclic) bond motifs is 1. The number of aromatic nitrogens is 3. The highest BCUT2D eigenvalue weighted by molar-refractivity contribution is 5.96. The van der Waals surface area contributed by atoms with Crippen LogP contribution in [0.4, 0.5) is 28.8 Å². The Morgan fingerprint density at radius 2 is 1.48 bits per heavy atom. The Kier molecular flexibility index (Phi) is 3.84. The van der Waals surface area contributed by atoms with E-state index in [-0.39, 0.29) is 0 Å². The van der Waals surface area contributed by atoms with Crippen molar-refractivity contribution in [2.24, 2.45) is 0 Å². The van der Waals surface area contributed by atoms with Gasteiger partial charge in [0.25, 0.3) is 0 Å². The summed E-state index contributed by atoms with van der Waals surface area (Å²) < 4.78 is 0. The fraction of sp³-hybridized carbons (Fsp3) is 0. The standard InChI is InChI=1S/C19H16N6/c20-17-18(22-12-23-19(17)25-16-10-3-4-11-21-16)24-15-9-5-7-13-6-1-2-8-14(13)15/h1-12H,20H2,(H2,21,22,23,24,25). The molecule has 0 unspecified atom stereocenters. The van der Waals surface area contributed by atoms with E-state index in [0.29, 0.717) is 23.1 Å². The van der Waals surface area contributed by atoms with Gasteiger partial charge in [0.1, 0.15) is 17.8 Å². The Bertz CT molecular complexity index is 1010. The third-order valence-electron chi connectivity index (χ3n) is 3.84. The van der Waals surface area contributed by atoms with Crippen LogP contribution >= 0.6 is 0 Å². The minimum absolute atomic E-state index is 0.432. The monoisotopic (exact) mass is 328 g/mol. The third-order valence-corrected chi connectivity index (χ3v) is 3.84. The first-order chi connectivity index (χ1) is 12.3. The van der Waals surface area contributed by atoms with Crippen LogP contribution in [-0.4, -0.2) is 15.0 Å². The van der Waals surface area contributed by atoms with Gasteiger partial charge < -0.3 is 16.4 Å². The summed E-state index contributed by atoms with van der Waals surface area (Å²) in [4.78, 5) is 12.7. The zero-order valence-electron chi connectivity index (χ0n) is 13.3. The highest BCUT2D eigenvalue weighted by Crippen LogP contribution is 2.30. The second-order valence-electron chi connectivity index (χ2n) is 5.48. The van der Waals surface area contributed by atoms with Crippen molar-refractivity contribution in [3.8, 4) is 0 Å². The molecule has 6 heteroatoms. The summed E-state index contributed by atoms with van der Waals surface area (Å²) in [6.07, 6.45) is 3.17. The molecule has 0 saturated carbocycles. The fourth-order valence-corrected chi connectivity index (χ4v) is 2.61. The first-order valence-electron chi connectivity index (χ1n) is 7.84. The predicted octanol–water partition coefficient (Wildman–Crippen LogP) is 4.09. The maximum atomic E-state index is 6.25. The molecule has 2 aromatic carbocycles. The van der Waals surface area contributed by atoms with Crippen molar-refractivity contribution in [3.63, 3.8) is 0 Å². The number of nitrogen functional groups attached to an aromatic ring is 1. The number of anilines is 5. The van der Waals surface area contributed by atoms with Crippen molar-refractivity contribution in [1.82, 2.24) is 15.0 Å². The first-order valence-corrected chi connectivity index (χ1v) is 7.84. The Morgan fingerprint density at radius 1 is 0.720 bits per heavy atom. The van der Waals surface area contributed by atoms with Gasteiger partial charge in [-0.15, -0.1) is 0 Å². The summed E-state index contributed by atoms with van der Waals surface area (Å²) in [7, 11) is 0. The topological polar surface area (TPSA) is 88.8 Å². The molecule has 0 radical (unpaired) electrons. The number of nitrogens with one attached hydrogen (secondary N) is 2. The van der Waals surface area contributed by atoms with Crippen molar-refractivity contribution in [2.45, 2.75) is 0 Å². The van der Waals surface area contributed by atoms with Crippen LogP contribution in [0.1, 0.15) is 0 Å². The van der Waals surface area contributed by atoms with E-state index >= 15 is 0 Å². The SMILES string of the molecule is Nc1c(Nc2ccccn2)ncnc1Nc1cccc2ccccc12. The van der Waals surface area contributed by atoms with Gasteiger partial charge in [0.15, 0.2) is 11.6 Å². The van der Waals surface area contributed by atoms with Gasteiger partial charge in [-0.25, -0.2) is 15.0 Å². The summed E-state index contributed by atoms with van der Waals surface area (Å²) in [5.41, 5.74) is 7.61. The minimum atomic E-state index is 0.432. The minimum Gasteiger partial charge on any atom is -0.393 e. The van der Waals surface area contributed by atoms with E-state index in [1.54, 1.807) is 6.20 Å². The smallest absolute Gasteiger partial charge is 0.160 e. The van der Waals surface area contributed by atoms with E-state index in [1.165, 1.54) is 6.33 Å². The molecule has 6 nitrogen and oxygen atoms in total. The third kappa shape index (κ3) is 3.05. The lowest BCUT2D eigenvalue weighted by atomic mass is 10.1. The van der Waals surface area contributed by atoms with E-state index in [4.69, 9.17) is 5.73 Å². The van der Waals surface area contributed by atoms with Crippen LogP contribution in [0.25, 0.3) is 10.8 Å². The molecular formula is C19H16N6. The largest absolute Gasteiger partial charge is 0.393 e. The summed E-state index contributed by atoms with van der Waals surface area (Å²) in [6.45, 7) is 0. The molecule has 2 aromatic heterocycles. The summed E-state index contributed by atoms with van der Waals surface area (Å²) in [5, 5.41) is 8.66. The fourth-order valence-electron chi connectivity index (χ4n) is 2.61. The summed E-state index contributed by atoms with van der Waals surface area (Å²) in [5.74, 6) is 1.73. The first kappa shape index (κ1) is 14.9. The van der Waals surface area contributed by atoms with E-state index in [1.807, 2.05) is 42.5 Å². The van der Waals surface area contributed by atoms with E-state index in [2.05, 4.69) is 43.8 Å². The van der Waals surface area contributed by atoms with Crippen molar-refractivity contribution in [3.05, 3.63) is 73.2 Å². The van der Waals surface area contributed by atoms with Crippen molar-refractivity contribution >= 4 is 39.6 Å². The maximum Gasteiger partial charge on any atom is 0.160 e. The Hall–Kier alpha value is -3.67. The zero-order chi connectivity index (χ0) is 17.1. The van der Waals surface area contributed by atoms with Gasteiger partial charge in [0, 0.05) is 17.3 Å². The van der Waals surface area contributed by atoms with Crippen LogP contribution in [0.2, 0.25) is 0 Å². The molecule has 0 aliphatic carbocycles. The molecule has 2 heterocycles. The van der Waals surface area contributed by atoms with Crippen LogP contribution in [0.15, 0.2) is 73.2 Å². The second-order valence-corrected chi connectivity index (χ2v) is 5.48. The van der Waals surface area contributed by atoms with Gasteiger partial charge >= 0.3 is 0 Å². The molecule has 0 fully saturated rings. The lowest BCUT2D eigenvalue weighted by Crippen LogP contribution is -2.05. The number of hydrogen-bond acceptors (Lipinski definition) is 6. The van der Waals surface area contributed by atoms with Crippen molar-refractivity contribution in [2.75, 3.05) is 16.4 Å². The molecule has 4 rings (SSSR count). The number of nitrogens with two attached hydrogens (primary N) is 1. The highest BCUT2D eigenvalue weighted by atomic mass is 15.1. The maximum absolute atomic E-state index is 6.25. The van der Waals surface area contributed by atoms with E-state index < -0.39 is 0 Å². The van der Waals surface area contributed by atoms with E-state index in [0.717, 1.165) is 16.5 Å². The summed E-state index contributed by atoms with van der Waals surface area (Å²) >= 11 is 0. The molecule has 4 aromatic rings. The molecule has 0 amide bonds. The van der Waals surface area contributed by atoms with Gasteiger partial charge in [-0.05, 0) is 23.6 Å². The molecule has 0 atom stereocenters. The molecule has 0 spiro atoms. The van der Waals surface area contributed by atoms with Crippen LogP contribution in [0, 0.1) is 0 Å². The molecule has 0 saturated heterocycles. The van der Waals surface area contributed by atoms with Gasteiger partial charge in [-0.2, -0.15) is 0 Å². The average Bonchev–Trinajstić information content (AvgIpc) is 2.66. The molecule has 0 bridgehead atoms. The number of nitrogens with zero attached hydrogens (tertiary/aromatic N) is 3. The summed E-state index contributed by atoms with van der Waals surface area (Å²) in [6, 6.07) is 19.8. The lowest BCUT2D eigenvalue weighted by Gasteiger charge is -2.13. The van der Waals surface area contributed by atoms with Crippen LogP contribution < -0.4 is 16.4 Å². The zero-order valence-corrected chi connectivity index (χ0v) is 13.3.